The van der Waals surface area contributed by atoms with Crippen molar-refractivity contribution in [2.75, 3.05) is 0 Å². The topological polar surface area (TPSA) is 0 Å². The van der Waals surface area contributed by atoms with Gasteiger partial charge in [0.25, 0.3) is 0 Å². The van der Waals surface area contributed by atoms with Crippen LogP contribution in [0.5, 0.6) is 0 Å². The van der Waals surface area contributed by atoms with Crippen molar-refractivity contribution >= 4 is 23.5 Å². The molecule has 0 bridgehead atoms. The summed E-state index contributed by atoms with van der Waals surface area (Å²) in [5, 5.41) is 4.49. The molecular weight excluding hydrogens is 148 g/mol. The molecule has 0 amide bonds. The summed E-state index contributed by atoms with van der Waals surface area (Å²) in [6.07, 6.45) is 5.74. The van der Waals surface area contributed by atoms with Crippen LogP contribution in [-0.4, -0.2) is 4.08 Å². The maximum Gasteiger partial charge on any atom is 0.0693 e. The first-order valence-corrected chi connectivity index (χ1v) is 5.18. The quantitative estimate of drug-likeness (QED) is 0.531. The van der Waals surface area contributed by atoms with Crippen LogP contribution >= 0.6 is 23.5 Å². The molecule has 0 nitrogen and oxygen atoms in total. The van der Waals surface area contributed by atoms with Gasteiger partial charge in [0.1, 0.15) is 0 Å². The van der Waals surface area contributed by atoms with E-state index in [0.717, 1.165) is 0 Å². The lowest BCUT2D eigenvalue weighted by molar-refractivity contribution is 0.852. The Bertz CT molecular complexity index is 124. The maximum atomic E-state index is 2.25. The maximum absolute atomic E-state index is 2.25. The van der Waals surface area contributed by atoms with Crippen molar-refractivity contribution in [3.05, 3.63) is 10.8 Å². The summed E-state index contributed by atoms with van der Waals surface area (Å²) < 4.78 is 0.611. The monoisotopic (exact) mass is 158 g/mol. The fourth-order valence-electron chi connectivity index (χ4n) is 1.48. The normalized spacial score (nSPS) is 30.2. The Morgan fingerprint density at radius 3 is 2.11 bits per heavy atom. The molecule has 0 unspecified atom stereocenters. The number of thioether (sulfide) groups is 2. The lowest BCUT2D eigenvalue weighted by Crippen LogP contribution is -2.08. The van der Waals surface area contributed by atoms with Crippen LogP contribution in [0.1, 0.15) is 25.7 Å². The summed E-state index contributed by atoms with van der Waals surface area (Å²) in [6, 6.07) is 0. The molecule has 1 fully saturated rings. The highest BCUT2D eigenvalue weighted by molar-refractivity contribution is 8.23. The third kappa shape index (κ3) is 1.03. The van der Waals surface area contributed by atoms with E-state index in [1.54, 1.807) is 0 Å². The Kier molecular flexibility index (Phi) is 1.54. The van der Waals surface area contributed by atoms with Gasteiger partial charge in [-0.25, -0.2) is 0 Å². The predicted octanol–water partition coefficient (Wildman–Crippen LogP) is 3.21. The van der Waals surface area contributed by atoms with Gasteiger partial charge in [0.2, 0.25) is 0 Å². The van der Waals surface area contributed by atoms with Crippen LogP contribution in [0.4, 0.5) is 0 Å². The summed E-state index contributed by atoms with van der Waals surface area (Å²) in [5.74, 6) is 0. The summed E-state index contributed by atoms with van der Waals surface area (Å²) in [5.41, 5.74) is 0. The highest BCUT2D eigenvalue weighted by Crippen LogP contribution is 2.54. The summed E-state index contributed by atoms with van der Waals surface area (Å²) >= 11 is 4.07. The number of rotatable bonds is 0. The summed E-state index contributed by atoms with van der Waals surface area (Å²) in [4.78, 5) is 0. The molecule has 2 rings (SSSR count). The van der Waals surface area contributed by atoms with Crippen LogP contribution in [0.25, 0.3) is 0 Å². The van der Waals surface area contributed by atoms with Crippen LogP contribution in [-0.2, 0) is 0 Å². The molecule has 50 valence electrons. The first kappa shape index (κ1) is 6.17. The predicted molar refractivity (Wildman–Crippen MR) is 45.5 cm³/mol. The van der Waals surface area contributed by atoms with Crippen molar-refractivity contribution in [1.82, 2.24) is 0 Å². The average Bonchev–Trinajstić information content (AvgIpc) is 2.45. The number of hydrogen-bond donors (Lipinski definition) is 0. The van der Waals surface area contributed by atoms with Gasteiger partial charge in [-0.05, 0) is 23.7 Å². The van der Waals surface area contributed by atoms with Gasteiger partial charge in [-0.15, -0.1) is 23.5 Å². The van der Waals surface area contributed by atoms with Crippen LogP contribution in [0, 0.1) is 0 Å². The third-order valence-electron chi connectivity index (χ3n) is 1.99. The fraction of sp³-hybridized carbons (Fsp3) is 0.714. The minimum Gasteiger partial charge on any atom is -0.115 e. The Morgan fingerprint density at radius 2 is 1.56 bits per heavy atom. The SMILES string of the molecule is C1=CSC2(CCCC2)S1. The summed E-state index contributed by atoms with van der Waals surface area (Å²) in [6.45, 7) is 0. The largest absolute Gasteiger partial charge is 0.115 e. The van der Waals surface area contributed by atoms with E-state index < -0.39 is 0 Å². The molecule has 9 heavy (non-hydrogen) atoms. The van der Waals surface area contributed by atoms with E-state index in [0.29, 0.717) is 4.08 Å². The molecule has 1 heterocycles. The van der Waals surface area contributed by atoms with Gasteiger partial charge >= 0.3 is 0 Å². The van der Waals surface area contributed by atoms with E-state index in [1.165, 1.54) is 25.7 Å². The average molecular weight is 158 g/mol. The van der Waals surface area contributed by atoms with E-state index in [9.17, 15) is 0 Å². The van der Waals surface area contributed by atoms with Gasteiger partial charge in [0.05, 0.1) is 4.08 Å². The zero-order chi connectivity index (χ0) is 6.16. The molecule has 0 atom stereocenters. The van der Waals surface area contributed by atoms with Crippen LogP contribution in [0.2, 0.25) is 0 Å². The second-order valence-corrected chi connectivity index (χ2v) is 5.46. The molecule has 1 aliphatic carbocycles. The fourth-order valence-corrected chi connectivity index (χ4v) is 4.03. The zero-order valence-electron chi connectivity index (χ0n) is 5.30. The summed E-state index contributed by atoms with van der Waals surface area (Å²) in [7, 11) is 0. The van der Waals surface area contributed by atoms with Gasteiger partial charge in [0.15, 0.2) is 0 Å². The zero-order valence-corrected chi connectivity index (χ0v) is 6.93. The van der Waals surface area contributed by atoms with E-state index in [1.807, 2.05) is 23.5 Å². The Morgan fingerprint density at radius 1 is 1.00 bits per heavy atom. The van der Waals surface area contributed by atoms with Crippen LogP contribution in [0.15, 0.2) is 10.8 Å². The van der Waals surface area contributed by atoms with Crippen molar-refractivity contribution in [2.24, 2.45) is 0 Å². The smallest absolute Gasteiger partial charge is 0.0693 e. The standard InChI is InChI=1S/C7H10S2/c1-2-4-7(3-1)8-5-6-9-7/h5-6H,1-4H2. The Balaban J connectivity index is 2.07. The van der Waals surface area contributed by atoms with Gasteiger partial charge in [-0.2, -0.15) is 0 Å². The molecule has 1 aliphatic heterocycles. The molecule has 0 saturated heterocycles. The van der Waals surface area contributed by atoms with Crippen LogP contribution in [0.3, 0.4) is 0 Å². The van der Waals surface area contributed by atoms with Gasteiger partial charge in [-0.3, -0.25) is 0 Å². The van der Waals surface area contributed by atoms with Crippen molar-refractivity contribution in [1.29, 1.82) is 0 Å². The lowest BCUT2D eigenvalue weighted by atomic mass is 10.4. The third-order valence-corrected chi connectivity index (χ3v) is 4.96. The molecule has 2 heteroatoms. The van der Waals surface area contributed by atoms with Gasteiger partial charge in [0, 0.05) is 0 Å². The van der Waals surface area contributed by atoms with Gasteiger partial charge in [-0.1, -0.05) is 12.8 Å². The second-order valence-electron chi connectivity index (χ2n) is 2.63. The van der Waals surface area contributed by atoms with E-state index in [2.05, 4.69) is 10.8 Å². The Labute approximate surface area is 64.5 Å². The minimum absolute atomic E-state index is 0.611. The van der Waals surface area contributed by atoms with E-state index in [-0.39, 0.29) is 0 Å². The molecule has 1 spiro atoms. The van der Waals surface area contributed by atoms with E-state index >= 15 is 0 Å². The molecule has 2 aliphatic rings. The highest BCUT2D eigenvalue weighted by Gasteiger charge is 2.35. The van der Waals surface area contributed by atoms with Gasteiger partial charge < -0.3 is 0 Å². The molecule has 0 radical (unpaired) electrons. The van der Waals surface area contributed by atoms with E-state index in [4.69, 9.17) is 0 Å². The van der Waals surface area contributed by atoms with Crippen LogP contribution < -0.4 is 0 Å². The first-order valence-electron chi connectivity index (χ1n) is 3.42. The molecule has 1 saturated carbocycles. The first-order chi connectivity index (χ1) is 4.41. The molecular formula is C7H10S2. The molecule has 0 aromatic heterocycles. The number of hydrogen-bond acceptors (Lipinski definition) is 2. The Hall–Kier alpha value is 0.440. The molecule has 0 aromatic rings. The minimum atomic E-state index is 0.611. The molecule has 0 N–H and O–H groups in total. The molecule has 0 aromatic carbocycles. The second kappa shape index (κ2) is 2.24. The lowest BCUT2D eigenvalue weighted by Gasteiger charge is -2.18. The van der Waals surface area contributed by atoms with Crippen molar-refractivity contribution in [3.63, 3.8) is 0 Å². The van der Waals surface area contributed by atoms with Crippen molar-refractivity contribution in [3.8, 4) is 0 Å². The van der Waals surface area contributed by atoms with Crippen molar-refractivity contribution < 1.29 is 0 Å². The van der Waals surface area contributed by atoms with Crippen molar-refractivity contribution in [2.45, 2.75) is 29.8 Å². The highest BCUT2D eigenvalue weighted by atomic mass is 32.2.